The lowest BCUT2D eigenvalue weighted by molar-refractivity contribution is 0.0758. The molecule has 1 aliphatic rings. The lowest BCUT2D eigenvalue weighted by atomic mass is 10.2. The van der Waals surface area contributed by atoms with E-state index in [1.807, 2.05) is 17.2 Å². The van der Waals surface area contributed by atoms with Crippen LogP contribution in [-0.2, 0) is 21.4 Å². The molecule has 2 aromatic carbocycles. The first kappa shape index (κ1) is 22.7. The maximum absolute atomic E-state index is 13.2. The van der Waals surface area contributed by atoms with Crippen molar-refractivity contribution in [3.05, 3.63) is 53.6 Å². The van der Waals surface area contributed by atoms with E-state index in [4.69, 9.17) is 4.74 Å². The van der Waals surface area contributed by atoms with Crippen LogP contribution in [0, 0.1) is 0 Å². The average Bonchev–Trinajstić information content (AvgIpc) is 3.02. The van der Waals surface area contributed by atoms with Crippen LogP contribution >= 0.6 is 11.8 Å². The van der Waals surface area contributed by atoms with Gasteiger partial charge in [-0.2, -0.15) is 0 Å². The number of nitrogens with zero attached hydrogens (tertiary/aromatic N) is 1. The zero-order valence-electron chi connectivity index (χ0n) is 17.4. The van der Waals surface area contributed by atoms with Crippen molar-refractivity contribution in [2.24, 2.45) is 0 Å². The SMILES string of the molecule is COCc1cccc(NS(=O)(=O)c2ccc(SC)c(C(=O)N3CCCCCC3)c2)c1. The van der Waals surface area contributed by atoms with Gasteiger partial charge in [0.1, 0.15) is 0 Å². The van der Waals surface area contributed by atoms with E-state index in [2.05, 4.69) is 4.72 Å². The number of carbonyl (C=O) groups excluding carboxylic acids is 1. The Balaban J connectivity index is 1.89. The number of hydrogen-bond acceptors (Lipinski definition) is 5. The topological polar surface area (TPSA) is 75.7 Å². The van der Waals surface area contributed by atoms with Crippen LogP contribution < -0.4 is 4.72 Å². The van der Waals surface area contributed by atoms with Gasteiger partial charge < -0.3 is 9.64 Å². The summed E-state index contributed by atoms with van der Waals surface area (Å²) >= 11 is 1.45. The molecular weight excluding hydrogens is 420 g/mol. The lowest BCUT2D eigenvalue weighted by Crippen LogP contribution is -2.32. The normalized spacial score (nSPS) is 14.9. The maximum Gasteiger partial charge on any atom is 0.261 e. The number of rotatable bonds is 7. The molecule has 8 heteroatoms. The molecular formula is C22H28N2O4S2. The third-order valence-corrected chi connectivity index (χ3v) is 7.27. The predicted molar refractivity (Wildman–Crippen MR) is 121 cm³/mol. The largest absolute Gasteiger partial charge is 0.380 e. The zero-order chi connectivity index (χ0) is 21.6. The quantitative estimate of drug-likeness (QED) is 0.637. The number of anilines is 1. The number of carbonyl (C=O) groups is 1. The molecule has 0 atom stereocenters. The van der Waals surface area contributed by atoms with Crippen LogP contribution in [-0.4, -0.2) is 45.7 Å². The van der Waals surface area contributed by atoms with E-state index in [0.717, 1.165) is 36.1 Å². The van der Waals surface area contributed by atoms with Gasteiger partial charge in [0.05, 0.1) is 17.1 Å². The van der Waals surface area contributed by atoms with Gasteiger partial charge in [-0.15, -0.1) is 11.8 Å². The third kappa shape index (κ3) is 5.56. The summed E-state index contributed by atoms with van der Waals surface area (Å²) in [6.45, 7) is 1.83. The van der Waals surface area contributed by atoms with Gasteiger partial charge in [-0.05, 0) is 55.0 Å². The molecule has 0 bridgehead atoms. The molecule has 0 unspecified atom stereocenters. The van der Waals surface area contributed by atoms with Crippen LogP contribution in [0.15, 0.2) is 52.3 Å². The molecule has 1 amide bonds. The number of nitrogens with one attached hydrogen (secondary N) is 1. The van der Waals surface area contributed by atoms with Crippen molar-refractivity contribution in [2.45, 2.75) is 42.1 Å². The van der Waals surface area contributed by atoms with Gasteiger partial charge in [0.15, 0.2) is 0 Å². The molecule has 1 heterocycles. The van der Waals surface area contributed by atoms with Crippen molar-refractivity contribution in [2.75, 3.05) is 31.2 Å². The van der Waals surface area contributed by atoms with Gasteiger partial charge >= 0.3 is 0 Å². The Morgan fingerprint density at radius 3 is 2.50 bits per heavy atom. The van der Waals surface area contributed by atoms with Crippen LogP contribution in [0.5, 0.6) is 0 Å². The summed E-state index contributed by atoms with van der Waals surface area (Å²) in [5.74, 6) is -0.0969. The van der Waals surface area contributed by atoms with E-state index in [0.29, 0.717) is 30.9 Å². The van der Waals surface area contributed by atoms with Crippen molar-refractivity contribution in [1.29, 1.82) is 0 Å². The van der Waals surface area contributed by atoms with E-state index in [-0.39, 0.29) is 10.8 Å². The molecule has 0 aromatic heterocycles. The fraction of sp³-hybridized carbons (Fsp3) is 0.409. The Labute approximate surface area is 183 Å². The standard InChI is InChI=1S/C22H28N2O4S2/c1-28-16-17-8-7-9-18(14-17)23-30(26,27)19-10-11-21(29-2)20(15-19)22(25)24-12-5-3-4-6-13-24/h7-11,14-15,23H,3-6,12-13,16H2,1-2H3. The molecule has 0 aliphatic carbocycles. The summed E-state index contributed by atoms with van der Waals surface area (Å²) in [4.78, 5) is 15.9. The number of likely N-dealkylation sites (tertiary alicyclic amines) is 1. The molecule has 1 fully saturated rings. The summed E-state index contributed by atoms with van der Waals surface area (Å²) in [5.41, 5.74) is 1.77. The van der Waals surface area contributed by atoms with Crippen molar-refractivity contribution >= 4 is 33.4 Å². The van der Waals surface area contributed by atoms with Crippen molar-refractivity contribution < 1.29 is 17.9 Å². The summed E-state index contributed by atoms with van der Waals surface area (Å²) in [6, 6.07) is 11.8. The van der Waals surface area contributed by atoms with E-state index in [1.165, 1.54) is 17.8 Å². The molecule has 6 nitrogen and oxygen atoms in total. The fourth-order valence-electron chi connectivity index (χ4n) is 3.57. The van der Waals surface area contributed by atoms with Crippen LogP contribution in [0.3, 0.4) is 0 Å². The van der Waals surface area contributed by atoms with E-state index >= 15 is 0 Å². The number of benzene rings is 2. The number of hydrogen-bond donors (Lipinski definition) is 1. The Hall–Kier alpha value is -2.03. The first-order valence-electron chi connectivity index (χ1n) is 10.0. The first-order valence-corrected chi connectivity index (χ1v) is 12.7. The molecule has 0 spiro atoms. The number of methoxy groups -OCH3 is 1. The number of thioether (sulfide) groups is 1. The minimum absolute atomic E-state index is 0.0793. The number of amides is 1. The van der Waals surface area contributed by atoms with Crippen LogP contribution in [0.25, 0.3) is 0 Å². The zero-order valence-corrected chi connectivity index (χ0v) is 19.0. The van der Waals surface area contributed by atoms with Gasteiger partial charge in [0.2, 0.25) is 0 Å². The second kappa shape index (κ2) is 10.3. The first-order chi connectivity index (χ1) is 14.4. The van der Waals surface area contributed by atoms with Gasteiger partial charge in [0, 0.05) is 30.8 Å². The molecule has 0 radical (unpaired) electrons. The van der Waals surface area contributed by atoms with Gasteiger partial charge in [-0.25, -0.2) is 8.42 Å². The smallest absolute Gasteiger partial charge is 0.261 e. The second-order valence-corrected chi connectivity index (χ2v) is 9.84. The van der Waals surface area contributed by atoms with Crippen LogP contribution in [0.2, 0.25) is 0 Å². The van der Waals surface area contributed by atoms with Gasteiger partial charge in [-0.1, -0.05) is 25.0 Å². The highest BCUT2D eigenvalue weighted by Gasteiger charge is 2.23. The fourth-order valence-corrected chi connectivity index (χ4v) is 5.22. The minimum atomic E-state index is -3.83. The molecule has 1 saturated heterocycles. The predicted octanol–water partition coefficient (Wildman–Crippen LogP) is 4.37. The minimum Gasteiger partial charge on any atom is -0.380 e. The Morgan fingerprint density at radius 2 is 1.83 bits per heavy atom. The monoisotopic (exact) mass is 448 g/mol. The summed E-state index contributed by atoms with van der Waals surface area (Å²) < 4.78 is 33.7. The molecule has 3 rings (SSSR count). The Morgan fingerprint density at radius 1 is 1.10 bits per heavy atom. The van der Waals surface area contributed by atoms with Crippen molar-refractivity contribution in [3.63, 3.8) is 0 Å². The second-order valence-electron chi connectivity index (χ2n) is 7.31. The van der Waals surface area contributed by atoms with Gasteiger partial charge in [-0.3, -0.25) is 9.52 Å². The summed E-state index contributed by atoms with van der Waals surface area (Å²) in [5, 5.41) is 0. The van der Waals surface area contributed by atoms with Crippen LogP contribution in [0.1, 0.15) is 41.6 Å². The Bertz CT molecular complexity index is 984. The number of sulfonamides is 1. The van der Waals surface area contributed by atoms with Crippen molar-refractivity contribution in [1.82, 2.24) is 4.90 Å². The number of ether oxygens (including phenoxy) is 1. The van der Waals surface area contributed by atoms with E-state index < -0.39 is 10.0 Å². The third-order valence-electron chi connectivity index (χ3n) is 5.10. The highest BCUT2D eigenvalue weighted by atomic mass is 32.2. The molecule has 162 valence electrons. The molecule has 1 N–H and O–H groups in total. The Kier molecular flexibility index (Phi) is 7.80. The lowest BCUT2D eigenvalue weighted by Gasteiger charge is -2.22. The summed E-state index contributed by atoms with van der Waals surface area (Å²) in [7, 11) is -2.24. The highest BCUT2D eigenvalue weighted by molar-refractivity contribution is 7.98. The molecule has 0 saturated carbocycles. The maximum atomic E-state index is 13.2. The average molecular weight is 449 g/mol. The summed E-state index contributed by atoms with van der Waals surface area (Å²) in [6.07, 6.45) is 6.11. The highest BCUT2D eigenvalue weighted by Crippen LogP contribution is 2.27. The molecule has 2 aromatic rings. The van der Waals surface area contributed by atoms with E-state index in [1.54, 1.807) is 37.4 Å². The van der Waals surface area contributed by atoms with Gasteiger partial charge in [0.25, 0.3) is 15.9 Å². The molecule has 1 aliphatic heterocycles. The molecule has 30 heavy (non-hydrogen) atoms. The van der Waals surface area contributed by atoms with Crippen molar-refractivity contribution in [3.8, 4) is 0 Å². The van der Waals surface area contributed by atoms with E-state index in [9.17, 15) is 13.2 Å². The van der Waals surface area contributed by atoms with Crippen LogP contribution in [0.4, 0.5) is 5.69 Å².